The molecular weight excluding hydrogens is 364 g/mol. The average molecular weight is 381 g/mol. The normalized spacial score (nSPS) is 16.7. The van der Waals surface area contributed by atoms with E-state index in [9.17, 15) is 22.9 Å². The summed E-state index contributed by atoms with van der Waals surface area (Å²) < 4.78 is 41.4. The fourth-order valence-corrected chi connectivity index (χ4v) is 3.72. The molecule has 3 N–H and O–H groups in total. The molecule has 138 valence electrons. The number of nitrogens with zero attached hydrogens (tertiary/aromatic N) is 1. The van der Waals surface area contributed by atoms with E-state index in [4.69, 9.17) is 0 Å². The lowest BCUT2D eigenvalue weighted by molar-refractivity contribution is 0.102. The highest BCUT2D eigenvalue weighted by molar-refractivity contribution is 7.83. The third kappa shape index (κ3) is 3.90. The van der Waals surface area contributed by atoms with E-state index < -0.39 is 28.5 Å². The number of rotatable bonds is 4. The summed E-state index contributed by atoms with van der Waals surface area (Å²) >= 11 is 0. The Bertz CT molecular complexity index is 863. The first-order valence-electron chi connectivity index (χ1n) is 7.91. The number of hydrogen-bond acceptors (Lipinski definition) is 4. The van der Waals surface area contributed by atoms with Crippen LogP contribution in [0, 0.1) is 11.6 Å². The maximum absolute atomic E-state index is 13.3. The molecule has 1 unspecified atom stereocenters. The van der Waals surface area contributed by atoms with Crippen LogP contribution in [0.25, 0.3) is 0 Å². The van der Waals surface area contributed by atoms with E-state index in [0.717, 1.165) is 12.1 Å². The van der Waals surface area contributed by atoms with Gasteiger partial charge in [0.2, 0.25) is 0 Å². The Kier molecular flexibility index (Phi) is 5.60. The Balaban J connectivity index is 1.88. The topological polar surface area (TPSA) is 81.7 Å². The Morgan fingerprint density at radius 2 is 2.04 bits per heavy atom. The summed E-state index contributed by atoms with van der Waals surface area (Å²) in [6, 6.07) is 7.77. The molecule has 2 aromatic rings. The Hall–Kier alpha value is -2.36. The lowest BCUT2D eigenvalue weighted by Crippen LogP contribution is -2.31. The molecule has 0 radical (unpaired) electrons. The number of β-amino-alcohol motifs (C(OH)–C–C–N with tert-alkyl or cyclic N) is 1. The van der Waals surface area contributed by atoms with Gasteiger partial charge in [-0.15, -0.1) is 0 Å². The van der Waals surface area contributed by atoms with Gasteiger partial charge in [0.05, 0.1) is 17.2 Å². The molecule has 1 atom stereocenters. The summed E-state index contributed by atoms with van der Waals surface area (Å²) in [4.78, 5) is 14.7. The molecule has 2 aromatic carbocycles. The fourth-order valence-electron chi connectivity index (χ4n) is 2.67. The van der Waals surface area contributed by atoms with E-state index in [1.165, 1.54) is 12.1 Å². The van der Waals surface area contributed by atoms with Crippen molar-refractivity contribution in [2.24, 2.45) is 0 Å². The van der Waals surface area contributed by atoms with Crippen molar-refractivity contribution < 1.29 is 22.9 Å². The number of aliphatic hydroxyl groups excluding tert-OH is 1. The quantitative estimate of drug-likeness (QED) is 0.752. The zero-order valence-corrected chi connectivity index (χ0v) is 14.5. The highest BCUT2D eigenvalue weighted by atomic mass is 32.2. The molecule has 0 aromatic heterocycles. The summed E-state index contributed by atoms with van der Waals surface area (Å²) in [5, 5.41) is 11.7. The van der Waals surface area contributed by atoms with Gasteiger partial charge in [0, 0.05) is 37.0 Å². The summed E-state index contributed by atoms with van der Waals surface area (Å²) in [6.07, 6.45) is 0. The molecule has 1 amide bonds. The van der Waals surface area contributed by atoms with Crippen LogP contribution in [0.5, 0.6) is 0 Å². The van der Waals surface area contributed by atoms with Crippen molar-refractivity contribution in [3.05, 3.63) is 53.6 Å². The molecule has 0 aliphatic carbocycles. The van der Waals surface area contributed by atoms with Crippen LogP contribution in [-0.4, -0.2) is 41.5 Å². The maximum Gasteiger partial charge on any atom is 0.255 e. The van der Waals surface area contributed by atoms with Gasteiger partial charge in [-0.05, 0) is 30.3 Å². The average Bonchev–Trinajstić information content (AvgIpc) is 2.78. The van der Waals surface area contributed by atoms with E-state index in [0.29, 0.717) is 30.2 Å². The van der Waals surface area contributed by atoms with Gasteiger partial charge in [0.25, 0.3) is 5.91 Å². The van der Waals surface area contributed by atoms with E-state index in [-0.39, 0.29) is 17.9 Å². The first-order chi connectivity index (χ1) is 12.5. The van der Waals surface area contributed by atoms with Gasteiger partial charge in [-0.1, -0.05) is 0 Å². The number of halogens is 2. The minimum Gasteiger partial charge on any atom is -0.395 e. The van der Waals surface area contributed by atoms with E-state index >= 15 is 0 Å². The Labute approximate surface area is 151 Å². The molecule has 0 bridgehead atoms. The first kappa shape index (κ1) is 18.4. The van der Waals surface area contributed by atoms with Crippen LogP contribution in [0.15, 0.2) is 41.3 Å². The molecule has 3 rings (SSSR count). The lowest BCUT2D eigenvalue weighted by Gasteiger charge is -2.23. The SMILES string of the molecule is O=C(Nc1ccc(F)c(F)c1)c1ccc2c(c1)S(=O)NCCN2CCO. The van der Waals surface area contributed by atoms with E-state index in [1.54, 1.807) is 12.1 Å². The lowest BCUT2D eigenvalue weighted by atomic mass is 10.1. The molecule has 0 saturated carbocycles. The molecular formula is C17H17F2N3O3S. The zero-order chi connectivity index (χ0) is 18.7. The highest BCUT2D eigenvalue weighted by Crippen LogP contribution is 2.27. The summed E-state index contributed by atoms with van der Waals surface area (Å²) in [6.45, 7) is 1.37. The Morgan fingerprint density at radius 3 is 2.77 bits per heavy atom. The summed E-state index contributed by atoms with van der Waals surface area (Å²) in [7, 11) is -1.50. The van der Waals surface area contributed by atoms with Gasteiger partial charge >= 0.3 is 0 Å². The van der Waals surface area contributed by atoms with Crippen LogP contribution in [0.4, 0.5) is 20.2 Å². The molecule has 0 saturated heterocycles. The highest BCUT2D eigenvalue weighted by Gasteiger charge is 2.21. The second-order valence-electron chi connectivity index (χ2n) is 5.64. The predicted molar refractivity (Wildman–Crippen MR) is 94.5 cm³/mol. The molecule has 0 spiro atoms. The van der Waals surface area contributed by atoms with E-state index in [1.807, 2.05) is 4.90 Å². The first-order valence-corrected chi connectivity index (χ1v) is 9.06. The number of carbonyl (C=O) groups is 1. The van der Waals surface area contributed by atoms with Crippen molar-refractivity contribution >= 4 is 28.3 Å². The van der Waals surface area contributed by atoms with Crippen LogP contribution >= 0.6 is 0 Å². The van der Waals surface area contributed by atoms with Crippen molar-refractivity contribution in [1.82, 2.24) is 4.72 Å². The monoisotopic (exact) mass is 381 g/mol. The van der Waals surface area contributed by atoms with Gasteiger partial charge in [-0.3, -0.25) is 4.79 Å². The van der Waals surface area contributed by atoms with Crippen molar-refractivity contribution in [3.8, 4) is 0 Å². The van der Waals surface area contributed by atoms with Crippen molar-refractivity contribution in [2.45, 2.75) is 4.90 Å². The van der Waals surface area contributed by atoms with E-state index in [2.05, 4.69) is 10.0 Å². The summed E-state index contributed by atoms with van der Waals surface area (Å²) in [5.41, 5.74) is 1.02. The second-order valence-corrected chi connectivity index (χ2v) is 6.91. The third-order valence-corrected chi connectivity index (χ3v) is 5.12. The minimum atomic E-state index is -1.50. The van der Waals surface area contributed by atoms with Gasteiger partial charge in [0.15, 0.2) is 11.6 Å². The smallest absolute Gasteiger partial charge is 0.255 e. The van der Waals surface area contributed by atoms with Crippen molar-refractivity contribution in [2.75, 3.05) is 36.5 Å². The number of fused-ring (bicyclic) bond motifs is 1. The number of hydrogen-bond donors (Lipinski definition) is 3. The number of carbonyl (C=O) groups excluding carboxylic acids is 1. The van der Waals surface area contributed by atoms with Gasteiger partial charge in [0.1, 0.15) is 11.0 Å². The maximum atomic E-state index is 13.3. The number of anilines is 2. The minimum absolute atomic E-state index is 0.0511. The summed E-state index contributed by atoms with van der Waals surface area (Å²) in [5.74, 6) is -2.60. The largest absolute Gasteiger partial charge is 0.395 e. The van der Waals surface area contributed by atoms with Gasteiger partial charge < -0.3 is 15.3 Å². The van der Waals surface area contributed by atoms with Crippen LogP contribution < -0.4 is 14.9 Å². The molecule has 1 aliphatic heterocycles. The molecule has 1 heterocycles. The molecule has 26 heavy (non-hydrogen) atoms. The van der Waals surface area contributed by atoms with Crippen LogP contribution in [0.2, 0.25) is 0 Å². The number of aliphatic hydroxyl groups is 1. The fraction of sp³-hybridized carbons (Fsp3) is 0.235. The van der Waals surface area contributed by atoms with Crippen LogP contribution in [0.1, 0.15) is 10.4 Å². The van der Waals surface area contributed by atoms with Gasteiger partial charge in [-0.25, -0.2) is 17.7 Å². The number of amides is 1. The molecule has 6 nitrogen and oxygen atoms in total. The third-order valence-electron chi connectivity index (χ3n) is 3.92. The van der Waals surface area contributed by atoms with Gasteiger partial charge in [-0.2, -0.15) is 0 Å². The molecule has 1 aliphatic rings. The molecule has 9 heteroatoms. The second kappa shape index (κ2) is 7.90. The standard InChI is InChI=1S/C17H17F2N3O3S/c18-13-3-2-12(10-14(13)19)21-17(24)11-1-4-15-16(9-11)26(25)20-5-6-22(15)7-8-23/h1-4,9-10,20,23H,5-8H2,(H,21,24). The van der Waals surface area contributed by atoms with Crippen LogP contribution in [-0.2, 0) is 11.0 Å². The van der Waals surface area contributed by atoms with Crippen LogP contribution in [0.3, 0.4) is 0 Å². The van der Waals surface area contributed by atoms with Crippen molar-refractivity contribution in [1.29, 1.82) is 0 Å². The molecule has 0 fully saturated rings. The number of nitrogens with one attached hydrogen (secondary N) is 2. The predicted octanol–water partition coefficient (Wildman–Crippen LogP) is 1.64. The number of benzene rings is 2. The zero-order valence-electron chi connectivity index (χ0n) is 13.7. The Morgan fingerprint density at radius 1 is 1.23 bits per heavy atom. The van der Waals surface area contributed by atoms with Crippen molar-refractivity contribution in [3.63, 3.8) is 0 Å².